The van der Waals surface area contributed by atoms with Crippen molar-refractivity contribution in [1.82, 2.24) is 0 Å². The first kappa shape index (κ1) is 141. The molecule has 6 atom stereocenters. The maximum absolute atomic E-state index is 13.5. The fourth-order valence-electron chi connectivity index (χ4n) is 12.1. The van der Waals surface area contributed by atoms with E-state index in [9.17, 15) is 35.0 Å². The Morgan fingerprint density at radius 1 is 0.267 bits per heavy atom. The molecule has 0 heterocycles. The Kier molecular flexibility index (Phi) is 76.2. The third kappa shape index (κ3) is 58.1. The minimum absolute atomic E-state index is 0.0783. The van der Waals surface area contributed by atoms with E-state index >= 15 is 0 Å². The van der Waals surface area contributed by atoms with Gasteiger partial charge in [-0.1, -0.05) is 226 Å². The molecule has 780 valence electrons. The zero-order chi connectivity index (χ0) is 110. The van der Waals surface area contributed by atoms with E-state index in [-0.39, 0.29) is 36.8 Å². The summed E-state index contributed by atoms with van der Waals surface area (Å²) in [5.74, 6) is 1.79. The van der Waals surface area contributed by atoms with Gasteiger partial charge in [-0.2, -0.15) is 0 Å². The zero-order valence-corrected chi connectivity index (χ0v) is 110. The van der Waals surface area contributed by atoms with Crippen LogP contribution in [0.5, 0.6) is 34.5 Å². The van der Waals surface area contributed by atoms with Crippen LogP contribution < -0.4 is 83.3 Å². The molecular formula is C105H129Cl12FN10O6P6Ti6. The summed E-state index contributed by atoms with van der Waals surface area (Å²) in [5.41, 5.74) is 14.3. The Hall–Kier alpha value is -3.06. The number of aromatic hydroxyl groups is 6. The van der Waals surface area contributed by atoms with Crippen LogP contribution >= 0.6 is 163 Å². The Morgan fingerprint density at radius 3 is 1.02 bits per heavy atom. The predicted octanol–water partition coefficient (Wildman–Crippen LogP) is 25.8. The Morgan fingerprint density at radius 2 is 0.582 bits per heavy atom. The molecule has 41 heteroatoms. The third-order valence-electron chi connectivity index (χ3n) is 19.0. The molecule has 0 radical (unpaired) electrons. The van der Waals surface area contributed by atoms with Gasteiger partial charge in [0.15, 0.2) is 0 Å². The van der Waals surface area contributed by atoms with Crippen molar-refractivity contribution in [1.29, 1.82) is 0 Å². The molecule has 16 nitrogen and oxygen atoms in total. The van der Waals surface area contributed by atoms with Gasteiger partial charge in [0.1, 0.15) is 40.3 Å². The molecule has 6 N–H and O–H groups in total. The fourth-order valence-corrected chi connectivity index (χ4v) is 19.5. The van der Waals surface area contributed by atoms with Crippen molar-refractivity contribution in [3.05, 3.63) is 298 Å². The third-order valence-corrected chi connectivity index (χ3v) is 27.5. The molecule has 0 saturated carbocycles. The predicted molar refractivity (Wildman–Crippen MR) is 642 cm³/mol. The van der Waals surface area contributed by atoms with Gasteiger partial charge in [0.2, 0.25) is 0 Å². The van der Waals surface area contributed by atoms with Crippen LogP contribution in [-0.2, 0) is 102 Å². The average molecular weight is 2540 g/mol. The first-order valence-electron chi connectivity index (χ1n) is 44.2. The number of halogens is 13. The van der Waals surface area contributed by atoms with Crippen LogP contribution in [0.2, 0.25) is 0 Å². The molecule has 12 aromatic rings. The Bertz CT molecular complexity index is 5970. The van der Waals surface area contributed by atoms with E-state index in [4.69, 9.17) is 112 Å². The number of phenolic OH excluding ortho intramolecular Hbond substituents is 6. The van der Waals surface area contributed by atoms with Gasteiger partial charge in [-0.25, -0.2) is 4.39 Å². The standard InChI is InChI=1S/C18H23FN3OP.2C18H22NOP.2C17H21N2OP.C17H20NOP.12ClH.6Ti/c1-20-11-12-8-13(19)6-7-16(12)24-17-10-14(21(2)3)9-15(18(17)23)22(4)5;1-13-8-7-11-16(17(13)20)21-15-10-6-5-9-14(15)12-19-18(2,3)4;1-13-9-10-15(20)17(11-13)21-16-8-6-5-7-14(16)12-19-18(2,3)4;1-12-5-8-16(13(9-12)11-18-2)21-17-10-14(19(3)4)6-7-15(17)20;1-12-7-5-8-13(11-18-2)17(12)21-15-10-6-9-14(16(15)20)19(3)4;1-17(2,3)18-12-13-8-4-6-10-15(13)20-16-11-7-5-9-14(16)19;;;;;;;;;;;;;;;;;;/h6-11,23-24H,1-5H3;2*5-12,20-21H,1-4H3;2*5-11,20-21H,1-4H3;4-12,19-20H,1-3H3;12*1H;;;;;;/q;;;;;;;;;;;;;;;;;;6*+2/p-12. The van der Waals surface area contributed by atoms with Crippen LogP contribution in [0.15, 0.2) is 267 Å². The molecule has 0 spiro atoms. The average Bonchev–Trinajstić information content (AvgIpc) is 0.799. The van der Waals surface area contributed by atoms with E-state index in [2.05, 4.69) is 173 Å². The van der Waals surface area contributed by atoms with Gasteiger partial charge in [0, 0.05) is 191 Å². The fraction of sp³-hybridized carbons (Fsp3) is 0.257. The van der Waals surface area contributed by atoms with Crippen LogP contribution in [0.3, 0.4) is 0 Å². The van der Waals surface area contributed by atoms with Gasteiger partial charge in [-0.3, -0.25) is 30.0 Å². The first-order valence-corrected chi connectivity index (χ1v) is 76.0. The van der Waals surface area contributed by atoms with Gasteiger partial charge in [0.25, 0.3) is 0 Å². The second kappa shape index (κ2) is 79.0. The van der Waals surface area contributed by atoms with Crippen molar-refractivity contribution < 1.29 is 137 Å². The SMILES string of the molecule is CC(C)(C)N=Cc1ccccc1Pc1ccccc1O.CN=Cc1cc(C)ccc1Pc1cc(N(C)C)ccc1O.CN=Cc1cc(F)ccc1Pc1cc(N(C)C)cc(N(C)C)c1O.CN=Cc1cccc(C)c1Pc1cccc(N(C)C)c1O.Cc1ccc(O)c(Pc2ccccc2C=NC(C)(C)C)c1.Cc1cccc(Pc2ccccc2C=NC(C)(C)C)c1O.[Cl][Ti][Cl].[Cl][Ti][Cl].[Cl][Ti][Cl].[Cl][Ti][Cl].[Cl][Ti][Cl].[Cl][Ti][Cl]. The molecule has 12 aromatic carbocycles. The van der Waals surface area contributed by atoms with E-state index < -0.39 is 102 Å². The van der Waals surface area contributed by atoms with Crippen molar-refractivity contribution in [3.63, 3.8) is 0 Å². The molecule has 0 bridgehead atoms. The summed E-state index contributed by atoms with van der Waals surface area (Å²) in [6, 6.07) is 76.5. The Balaban J connectivity index is 0.000000846. The van der Waals surface area contributed by atoms with E-state index in [1.54, 1.807) is 51.6 Å². The summed E-state index contributed by atoms with van der Waals surface area (Å²) in [7, 11) is 81.7. The van der Waals surface area contributed by atoms with Gasteiger partial charge in [0.05, 0.1) is 28.0 Å². The number of benzene rings is 12. The first-order chi connectivity index (χ1) is 69.0. The molecule has 12 rings (SSSR count). The molecule has 0 saturated heterocycles. The molecular weight excluding hydrogens is 2410 g/mol. The van der Waals surface area contributed by atoms with Crippen LogP contribution in [-0.4, -0.2) is 162 Å². The summed E-state index contributed by atoms with van der Waals surface area (Å²) >= 11 is -3.33. The zero-order valence-electron chi connectivity index (χ0n) is 86.0. The molecule has 0 aromatic heterocycles. The van der Waals surface area contributed by atoms with E-state index in [0.717, 1.165) is 104 Å². The second-order valence-corrected chi connectivity index (χ2v) is 58.0. The van der Waals surface area contributed by atoms with Crippen LogP contribution in [0.4, 0.5) is 27.1 Å². The number of aliphatic imine (C=N–C) groups is 6. The summed E-state index contributed by atoms with van der Waals surface area (Å²) in [6.45, 7) is 26.9. The van der Waals surface area contributed by atoms with Crippen molar-refractivity contribution in [3.8, 4) is 34.5 Å². The van der Waals surface area contributed by atoms with Crippen LogP contribution in [0.1, 0.15) is 118 Å². The van der Waals surface area contributed by atoms with E-state index in [0.29, 0.717) is 71.7 Å². The van der Waals surface area contributed by atoms with Crippen molar-refractivity contribution in [2.45, 2.75) is 107 Å². The van der Waals surface area contributed by atoms with Gasteiger partial charge in [-0.15, -0.1) is 0 Å². The Labute approximate surface area is 977 Å². The second-order valence-electron chi connectivity index (χ2n) is 34.6. The molecule has 0 aliphatic heterocycles. The molecule has 6 unspecified atom stereocenters. The number of rotatable bonds is 22. The quantitative estimate of drug-likeness (QED) is 0.0215. The number of nitrogens with zero attached hydrogens (tertiary/aromatic N) is 10. The number of hydrogen-bond acceptors (Lipinski definition) is 16. The summed E-state index contributed by atoms with van der Waals surface area (Å²) in [6.07, 6.45) is 11.2. The summed E-state index contributed by atoms with van der Waals surface area (Å²) in [4.78, 5) is 33.8. The van der Waals surface area contributed by atoms with E-state index in [1.165, 1.54) is 49.8 Å². The number of aryl methyl sites for hydroxylation is 4. The van der Waals surface area contributed by atoms with Gasteiger partial charge >= 0.3 is 214 Å². The molecule has 146 heavy (non-hydrogen) atoms. The maximum atomic E-state index is 13.5. The minimum atomic E-state index is -0.556. The molecule has 0 aliphatic carbocycles. The monoisotopic (exact) mass is 2540 g/mol. The van der Waals surface area contributed by atoms with Gasteiger partial charge in [-0.05, 0) is 206 Å². The number of phenols is 6. The van der Waals surface area contributed by atoms with Crippen molar-refractivity contribution >= 4 is 287 Å². The molecule has 0 aliphatic rings. The van der Waals surface area contributed by atoms with Crippen LogP contribution in [0, 0.1) is 33.5 Å². The molecule has 0 amide bonds. The summed E-state index contributed by atoms with van der Waals surface area (Å²) in [5, 5.41) is 73.9. The number of hydrogen-bond donors (Lipinski definition) is 6. The van der Waals surface area contributed by atoms with Crippen molar-refractivity contribution in [2.24, 2.45) is 30.0 Å². The van der Waals surface area contributed by atoms with Crippen molar-refractivity contribution in [2.75, 3.05) is 97.1 Å². The summed E-state index contributed by atoms with van der Waals surface area (Å²) < 4.78 is 13.5. The van der Waals surface area contributed by atoms with Crippen LogP contribution in [0.25, 0.3) is 0 Å². The van der Waals surface area contributed by atoms with E-state index in [1.807, 2.05) is 254 Å². The molecule has 0 fully saturated rings. The van der Waals surface area contributed by atoms with Gasteiger partial charge < -0.3 is 50.2 Å². The topological polar surface area (TPSA) is 208 Å². The normalized spacial score (nSPS) is 11.2. The number of anilines is 4. The number of para-hydroxylation sites is 3.